The van der Waals surface area contributed by atoms with E-state index in [0.717, 1.165) is 4.90 Å². The number of carboxylic acid groups (broad SMARTS) is 1. The fourth-order valence-electron chi connectivity index (χ4n) is 3.35. The van der Waals surface area contributed by atoms with E-state index in [1.807, 2.05) is 0 Å². The molecule has 1 aliphatic rings. The molecule has 2 aromatic carbocycles. The van der Waals surface area contributed by atoms with Gasteiger partial charge in [-0.05, 0) is 63.1 Å². The van der Waals surface area contributed by atoms with Crippen LogP contribution >= 0.6 is 0 Å². The smallest absolute Gasteiger partial charge is 0.336 e. The summed E-state index contributed by atoms with van der Waals surface area (Å²) >= 11 is 0. The Morgan fingerprint density at radius 1 is 1.13 bits per heavy atom. The van der Waals surface area contributed by atoms with Crippen molar-refractivity contribution in [2.24, 2.45) is 0 Å². The van der Waals surface area contributed by atoms with Crippen LogP contribution in [0.2, 0.25) is 0 Å². The number of carbonyl (C=O) groups is 3. The summed E-state index contributed by atoms with van der Waals surface area (Å²) in [5.41, 5.74) is -0.263. The van der Waals surface area contributed by atoms with Crippen LogP contribution in [0.5, 0.6) is 0 Å². The van der Waals surface area contributed by atoms with E-state index in [0.29, 0.717) is 5.56 Å². The first-order chi connectivity index (χ1) is 13.8. The third-order valence-electron chi connectivity index (χ3n) is 4.84. The molecule has 0 aliphatic carbocycles. The summed E-state index contributed by atoms with van der Waals surface area (Å²) in [5, 5.41) is 11.9. The standard InChI is InChI=1S/C20H21N3O6S/c1-11-8-9-15(12(2)16(11)17(24)25)30(28,29)22-13-6-5-7-14(10-13)23-18(26)20(3,4)21-19(23)27/h5-10,22H,1-4H3,(H,21,27)(H,24,25). The van der Waals surface area contributed by atoms with E-state index in [9.17, 15) is 27.9 Å². The first-order valence-electron chi connectivity index (χ1n) is 8.98. The second kappa shape index (κ2) is 7.13. The van der Waals surface area contributed by atoms with E-state index in [1.54, 1.807) is 20.8 Å². The van der Waals surface area contributed by atoms with Crippen molar-refractivity contribution in [3.8, 4) is 0 Å². The third-order valence-corrected chi connectivity index (χ3v) is 6.37. The van der Waals surface area contributed by atoms with Crippen LogP contribution in [0.15, 0.2) is 41.3 Å². The molecule has 0 saturated carbocycles. The molecule has 158 valence electrons. The maximum atomic E-state index is 12.9. The Morgan fingerprint density at radius 2 is 1.80 bits per heavy atom. The molecule has 30 heavy (non-hydrogen) atoms. The molecule has 0 spiro atoms. The summed E-state index contributed by atoms with van der Waals surface area (Å²) < 4.78 is 28.2. The summed E-state index contributed by atoms with van der Waals surface area (Å²) in [6.45, 7) is 6.15. The number of carboxylic acids is 1. The minimum Gasteiger partial charge on any atom is -0.478 e. The van der Waals surface area contributed by atoms with Crippen molar-refractivity contribution in [3.63, 3.8) is 0 Å². The number of hydrogen-bond acceptors (Lipinski definition) is 5. The van der Waals surface area contributed by atoms with Crippen LogP contribution in [0.1, 0.15) is 35.3 Å². The molecule has 9 nitrogen and oxygen atoms in total. The quantitative estimate of drug-likeness (QED) is 0.624. The predicted molar refractivity (Wildman–Crippen MR) is 110 cm³/mol. The Morgan fingerprint density at radius 3 is 2.37 bits per heavy atom. The highest BCUT2D eigenvalue weighted by Crippen LogP contribution is 2.29. The molecule has 0 radical (unpaired) electrons. The Balaban J connectivity index is 1.97. The predicted octanol–water partition coefficient (Wildman–Crippen LogP) is 2.64. The number of nitrogens with one attached hydrogen (secondary N) is 2. The van der Waals surface area contributed by atoms with Crippen molar-refractivity contribution in [2.75, 3.05) is 9.62 Å². The number of benzene rings is 2. The number of aryl methyl sites for hydroxylation is 1. The normalized spacial score (nSPS) is 15.8. The molecule has 1 heterocycles. The number of nitrogens with zero attached hydrogens (tertiary/aromatic N) is 1. The Labute approximate surface area is 173 Å². The van der Waals surface area contributed by atoms with E-state index in [-0.39, 0.29) is 27.4 Å². The molecule has 1 aliphatic heterocycles. The fraction of sp³-hybridized carbons (Fsp3) is 0.250. The molecule has 3 rings (SSSR count). The van der Waals surface area contributed by atoms with Gasteiger partial charge in [0.25, 0.3) is 15.9 Å². The van der Waals surface area contributed by atoms with Gasteiger partial charge >= 0.3 is 12.0 Å². The second-order valence-corrected chi connectivity index (χ2v) is 9.19. The average molecular weight is 431 g/mol. The largest absolute Gasteiger partial charge is 0.478 e. The van der Waals surface area contributed by atoms with Crippen molar-refractivity contribution in [2.45, 2.75) is 38.1 Å². The molecule has 1 fully saturated rings. The molecular weight excluding hydrogens is 410 g/mol. The molecule has 0 atom stereocenters. The van der Waals surface area contributed by atoms with Gasteiger partial charge in [-0.25, -0.2) is 22.9 Å². The molecule has 3 N–H and O–H groups in total. The number of aromatic carboxylic acids is 1. The zero-order valence-electron chi connectivity index (χ0n) is 16.8. The SMILES string of the molecule is Cc1ccc(S(=O)(=O)Nc2cccc(N3C(=O)NC(C)(C)C3=O)c2)c(C)c1C(=O)O. The molecule has 0 bridgehead atoms. The van der Waals surface area contributed by atoms with Crippen LogP contribution in [0.25, 0.3) is 0 Å². The first kappa shape index (κ1) is 21.3. The topological polar surface area (TPSA) is 133 Å². The second-order valence-electron chi connectivity index (χ2n) is 7.54. The molecule has 10 heteroatoms. The number of carbonyl (C=O) groups excluding carboxylic acids is 2. The number of imide groups is 1. The van der Waals surface area contributed by atoms with Gasteiger partial charge in [-0.15, -0.1) is 0 Å². The molecule has 0 aromatic heterocycles. The van der Waals surface area contributed by atoms with Gasteiger partial charge in [-0.2, -0.15) is 0 Å². The summed E-state index contributed by atoms with van der Waals surface area (Å²) in [6, 6.07) is 8.00. The van der Waals surface area contributed by atoms with Crippen molar-refractivity contribution in [3.05, 3.63) is 53.1 Å². The molecule has 2 aromatic rings. The van der Waals surface area contributed by atoms with E-state index in [2.05, 4.69) is 10.0 Å². The van der Waals surface area contributed by atoms with Gasteiger partial charge in [-0.3, -0.25) is 9.52 Å². The highest BCUT2D eigenvalue weighted by Gasteiger charge is 2.45. The van der Waals surface area contributed by atoms with Gasteiger partial charge in [-0.1, -0.05) is 12.1 Å². The van der Waals surface area contributed by atoms with E-state index in [4.69, 9.17) is 0 Å². The minimum absolute atomic E-state index is 0.0757. The minimum atomic E-state index is -4.12. The molecule has 1 saturated heterocycles. The average Bonchev–Trinajstić information content (AvgIpc) is 2.81. The lowest BCUT2D eigenvalue weighted by molar-refractivity contribution is -0.121. The van der Waals surface area contributed by atoms with E-state index >= 15 is 0 Å². The van der Waals surface area contributed by atoms with E-state index < -0.39 is 33.5 Å². The highest BCUT2D eigenvalue weighted by molar-refractivity contribution is 7.92. The van der Waals surface area contributed by atoms with Gasteiger partial charge in [0.2, 0.25) is 0 Å². The zero-order valence-corrected chi connectivity index (χ0v) is 17.6. The van der Waals surface area contributed by atoms with Crippen molar-refractivity contribution in [1.29, 1.82) is 0 Å². The maximum Gasteiger partial charge on any atom is 0.336 e. The van der Waals surface area contributed by atoms with Crippen LogP contribution in [-0.2, 0) is 14.8 Å². The number of amides is 3. The summed E-state index contributed by atoms with van der Waals surface area (Å²) in [5.74, 6) is -1.68. The molecule has 0 unspecified atom stereocenters. The number of sulfonamides is 1. The van der Waals surface area contributed by atoms with Crippen LogP contribution in [0.3, 0.4) is 0 Å². The van der Waals surface area contributed by atoms with Crippen LogP contribution in [0.4, 0.5) is 16.2 Å². The van der Waals surface area contributed by atoms with Crippen molar-refractivity contribution >= 4 is 39.3 Å². The zero-order chi connectivity index (χ0) is 22.4. The summed E-state index contributed by atoms with van der Waals surface area (Å²) in [4.78, 5) is 36.9. The number of urea groups is 1. The Bertz CT molecular complexity index is 1190. The summed E-state index contributed by atoms with van der Waals surface area (Å²) in [7, 11) is -4.12. The maximum absolute atomic E-state index is 12.9. The van der Waals surface area contributed by atoms with Gasteiger partial charge in [0.05, 0.1) is 21.8 Å². The lowest BCUT2D eigenvalue weighted by atomic mass is 10.0. The lowest BCUT2D eigenvalue weighted by Crippen LogP contribution is -2.40. The number of anilines is 2. The molecular formula is C20H21N3O6S. The Kier molecular flexibility index (Phi) is 5.07. The van der Waals surface area contributed by atoms with Gasteiger partial charge < -0.3 is 10.4 Å². The van der Waals surface area contributed by atoms with Gasteiger partial charge in [0, 0.05) is 0 Å². The third kappa shape index (κ3) is 3.61. The molecule has 3 amide bonds. The van der Waals surface area contributed by atoms with Crippen molar-refractivity contribution < 1.29 is 27.9 Å². The van der Waals surface area contributed by atoms with E-state index in [1.165, 1.54) is 43.3 Å². The van der Waals surface area contributed by atoms with Crippen molar-refractivity contribution in [1.82, 2.24) is 5.32 Å². The highest BCUT2D eigenvalue weighted by atomic mass is 32.2. The fourth-order valence-corrected chi connectivity index (χ4v) is 4.65. The van der Waals surface area contributed by atoms with Gasteiger partial charge in [0.15, 0.2) is 0 Å². The first-order valence-corrected chi connectivity index (χ1v) is 10.5. The number of hydrogen-bond donors (Lipinski definition) is 3. The van der Waals surface area contributed by atoms with Crippen LogP contribution in [0, 0.1) is 13.8 Å². The van der Waals surface area contributed by atoms with Crippen LogP contribution in [-0.4, -0.2) is 37.0 Å². The van der Waals surface area contributed by atoms with Gasteiger partial charge in [0.1, 0.15) is 5.54 Å². The lowest BCUT2D eigenvalue weighted by Gasteiger charge is -2.17. The summed E-state index contributed by atoms with van der Waals surface area (Å²) in [6.07, 6.45) is 0. The Hall–Kier alpha value is -3.40. The van der Waals surface area contributed by atoms with Crippen LogP contribution < -0.4 is 14.9 Å². The monoisotopic (exact) mass is 431 g/mol. The number of rotatable bonds is 5.